The Kier molecular flexibility index (Phi) is 7.72. The van der Waals surface area contributed by atoms with Crippen molar-refractivity contribution in [2.45, 2.75) is 45.1 Å². The van der Waals surface area contributed by atoms with Crippen LogP contribution in [-0.4, -0.2) is 57.9 Å². The van der Waals surface area contributed by atoms with Gasteiger partial charge in [-0.3, -0.25) is 4.99 Å². The van der Waals surface area contributed by atoms with E-state index >= 15 is 0 Å². The molecule has 1 aromatic carbocycles. The third kappa shape index (κ3) is 7.12. The fourth-order valence-corrected chi connectivity index (χ4v) is 3.44. The van der Waals surface area contributed by atoms with Crippen LogP contribution in [0.1, 0.15) is 24.7 Å². The quantitative estimate of drug-likeness (QED) is 0.429. The number of aromatic nitrogens is 3. The Morgan fingerprint density at radius 1 is 1.35 bits per heavy atom. The predicted octanol–water partition coefficient (Wildman–Crippen LogP) is 1.90. The number of halogens is 3. The van der Waals surface area contributed by atoms with Crippen LogP contribution < -0.4 is 15.4 Å². The topological polar surface area (TPSA) is 96.6 Å². The van der Waals surface area contributed by atoms with Crippen molar-refractivity contribution < 1.29 is 23.0 Å². The molecule has 1 aliphatic heterocycles. The highest BCUT2D eigenvalue weighted by Crippen LogP contribution is 2.23. The van der Waals surface area contributed by atoms with Crippen molar-refractivity contribution >= 4 is 5.96 Å². The van der Waals surface area contributed by atoms with Gasteiger partial charge < -0.3 is 20.5 Å². The summed E-state index contributed by atoms with van der Waals surface area (Å²) >= 11 is 0. The molecule has 0 aliphatic carbocycles. The fourth-order valence-electron chi connectivity index (χ4n) is 3.44. The highest BCUT2D eigenvalue weighted by Gasteiger charge is 2.31. The smallest absolute Gasteiger partial charge is 0.406 e. The number of ether oxygens (including phenoxy) is 1. The van der Waals surface area contributed by atoms with Gasteiger partial charge in [-0.25, -0.2) is 9.67 Å². The molecular formula is C20H27F3N6O2. The number of aliphatic hydroxyl groups excluding tert-OH is 1. The first-order chi connectivity index (χ1) is 14.9. The van der Waals surface area contributed by atoms with Crippen LogP contribution in [0.4, 0.5) is 13.2 Å². The second kappa shape index (κ2) is 10.5. The number of nitrogens with one attached hydrogen (secondary N) is 2. The zero-order valence-electron chi connectivity index (χ0n) is 17.3. The fraction of sp³-hybridized carbons (Fsp3) is 0.550. The number of alkyl halides is 3. The van der Waals surface area contributed by atoms with E-state index < -0.39 is 6.36 Å². The molecule has 2 heterocycles. The van der Waals surface area contributed by atoms with Crippen molar-refractivity contribution in [2.75, 3.05) is 19.7 Å². The average molecular weight is 440 g/mol. The van der Waals surface area contributed by atoms with E-state index in [0.717, 1.165) is 24.2 Å². The summed E-state index contributed by atoms with van der Waals surface area (Å²) in [5, 5.41) is 20.6. The van der Waals surface area contributed by atoms with E-state index in [1.54, 1.807) is 18.5 Å². The zero-order valence-corrected chi connectivity index (χ0v) is 17.3. The van der Waals surface area contributed by atoms with Crippen molar-refractivity contribution in [3.05, 3.63) is 42.0 Å². The summed E-state index contributed by atoms with van der Waals surface area (Å²) in [4.78, 5) is 8.83. The SMILES string of the molecule is CCNC(=NCC(CO)Cc1ccc(OC(F)(F)F)cc1)NC1CCc2ncnn2C1. The average Bonchev–Trinajstić information content (AvgIpc) is 3.19. The number of aryl methyl sites for hydroxylation is 1. The minimum Gasteiger partial charge on any atom is -0.406 e. The molecule has 2 aromatic rings. The third-order valence-corrected chi connectivity index (χ3v) is 4.94. The van der Waals surface area contributed by atoms with E-state index in [9.17, 15) is 18.3 Å². The summed E-state index contributed by atoms with van der Waals surface area (Å²) in [5.74, 6) is 1.20. The summed E-state index contributed by atoms with van der Waals surface area (Å²) < 4.78 is 42.6. The highest BCUT2D eigenvalue weighted by atomic mass is 19.4. The van der Waals surface area contributed by atoms with Crippen molar-refractivity contribution in [3.63, 3.8) is 0 Å². The van der Waals surface area contributed by atoms with Gasteiger partial charge >= 0.3 is 6.36 Å². The largest absolute Gasteiger partial charge is 0.573 e. The first-order valence-electron chi connectivity index (χ1n) is 10.2. The van der Waals surface area contributed by atoms with Gasteiger partial charge in [0.25, 0.3) is 0 Å². The normalized spacial score (nSPS) is 17.7. The van der Waals surface area contributed by atoms with Gasteiger partial charge in [0, 0.05) is 38.1 Å². The Morgan fingerprint density at radius 3 is 2.81 bits per heavy atom. The minimum atomic E-state index is -4.71. The number of guanidine groups is 1. The Balaban J connectivity index is 1.56. The molecule has 3 rings (SSSR count). The molecule has 1 aliphatic rings. The standard InChI is InChI=1S/C20H27F3N6O2/c1-2-24-19(28-16-5-8-18-26-13-27-29(18)11-16)25-10-15(12-30)9-14-3-6-17(7-4-14)31-20(21,22)23/h3-4,6-7,13,15-16,30H,2,5,8-12H2,1H3,(H2,24,25,28). The second-order valence-corrected chi connectivity index (χ2v) is 7.40. The number of hydrogen-bond donors (Lipinski definition) is 3. The lowest BCUT2D eigenvalue weighted by Gasteiger charge is -2.25. The van der Waals surface area contributed by atoms with Crippen molar-refractivity contribution in [2.24, 2.45) is 10.9 Å². The van der Waals surface area contributed by atoms with E-state index in [4.69, 9.17) is 0 Å². The number of benzene rings is 1. The van der Waals surface area contributed by atoms with Crippen molar-refractivity contribution in [1.29, 1.82) is 0 Å². The van der Waals surface area contributed by atoms with Crippen LogP contribution in [-0.2, 0) is 19.4 Å². The van der Waals surface area contributed by atoms with Crippen LogP contribution in [0.25, 0.3) is 0 Å². The van der Waals surface area contributed by atoms with Crippen molar-refractivity contribution in [3.8, 4) is 5.75 Å². The molecule has 3 N–H and O–H groups in total. The van der Waals surface area contributed by atoms with Gasteiger partial charge in [-0.15, -0.1) is 13.2 Å². The summed E-state index contributed by atoms with van der Waals surface area (Å²) in [6, 6.07) is 5.84. The molecule has 0 radical (unpaired) electrons. The molecule has 0 amide bonds. The first kappa shape index (κ1) is 22.9. The maximum Gasteiger partial charge on any atom is 0.573 e. The van der Waals surface area contributed by atoms with Crippen LogP contribution in [0.3, 0.4) is 0 Å². The lowest BCUT2D eigenvalue weighted by Crippen LogP contribution is -2.47. The lowest BCUT2D eigenvalue weighted by atomic mass is 10.0. The summed E-state index contributed by atoms with van der Waals surface area (Å²) in [6.45, 7) is 3.65. The second-order valence-electron chi connectivity index (χ2n) is 7.40. The van der Waals surface area contributed by atoms with E-state index in [1.807, 2.05) is 11.6 Å². The zero-order chi connectivity index (χ0) is 22.3. The van der Waals surface area contributed by atoms with Gasteiger partial charge in [0.2, 0.25) is 0 Å². The van der Waals surface area contributed by atoms with Crippen LogP contribution in [0.15, 0.2) is 35.6 Å². The molecule has 8 nitrogen and oxygen atoms in total. The van der Waals surface area contributed by atoms with Gasteiger partial charge in [-0.05, 0) is 37.5 Å². The molecule has 0 bridgehead atoms. The maximum atomic E-state index is 12.3. The summed E-state index contributed by atoms with van der Waals surface area (Å²) in [7, 11) is 0. The first-order valence-corrected chi connectivity index (χ1v) is 10.2. The van der Waals surface area contributed by atoms with Crippen LogP contribution in [0.5, 0.6) is 5.75 Å². The molecule has 0 saturated carbocycles. The molecule has 11 heteroatoms. The van der Waals surface area contributed by atoms with Crippen LogP contribution in [0, 0.1) is 5.92 Å². The molecule has 2 atom stereocenters. The van der Waals surface area contributed by atoms with E-state index in [1.165, 1.54) is 12.1 Å². The lowest BCUT2D eigenvalue weighted by molar-refractivity contribution is -0.274. The third-order valence-electron chi connectivity index (χ3n) is 4.94. The minimum absolute atomic E-state index is 0.0878. The summed E-state index contributed by atoms with van der Waals surface area (Å²) in [6.07, 6.45) is -0.918. The summed E-state index contributed by atoms with van der Waals surface area (Å²) in [5.41, 5.74) is 0.799. The molecule has 0 fully saturated rings. The van der Waals surface area contributed by atoms with Crippen LogP contribution >= 0.6 is 0 Å². The number of hydrogen-bond acceptors (Lipinski definition) is 5. The van der Waals surface area contributed by atoms with Gasteiger partial charge in [0.1, 0.15) is 17.9 Å². The Hall–Kier alpha value is -2.82. The number of aliphatic imine (C=N–C) groups is 1. The molecule has 2 unspecified atom stereocenters. The van der Waals surface area contributed by atoms with E-state index in [2.05, 4.69) is 30.4 Å². The molecule has 31 heavy (non-hydrogen) atoms. The Labute approximate surface area is 178 Å². The highest BCUT2D eigenvalue weighted by molar-refractivity contribution is 5.80. The monoisotopic (exact) mass is 440 g/mol. The van der Waals surface area contributed by atoms with Gasteiger partial charge in [0.15, 0.2) is 5.96 Å². The number of nitrogens with zero attached hydrogens (tertiary/aromatic N) is 4. The van der Waals surface area contributed by atoms with Gasteiger partial charge in [-0.2, -0.15) is 5.10 Å². The van der Waals surface area contributed by atoms with Crippen LogP contribution in [0.2, 0.25) is 0 Å². The number of aliphatic hydroxyl groups is 1. The predicted molar refractivity (Wildman–Crippen MR) is 109 cm³/mol. The molecule has 170 valence electrons. The van der Waals surface area contributed by atoms with Gasteiger partial charge in [0.05, 0.1) is 6.54 Å². The number of rotatable bonds is 8. The Bertz CT molecular complexity index is 853. The number of fused-ring (bicyclic) bond motifs is 1. The molecular weight excluding hydrogens is 413 g/mol. The van der Waals surface area contributed by atoms with E-state index in [0.29, 0.717) is 32.0 Å². The molecule has 0 spiro atoms. The van der Waals surface area contributed by atoms with Crippen molar-refractivity contribution in [1.82, 2.24) is 25.4 Å². The molecule has 1 aromatic heterocycles. The molecule has 0 saturated heterocycles. The van der Waals surface area contributed by atoms with E-state index in [-0.39, 0.29) is 24.3 Å². The van der Waals surface area contributed by atoms with Gasteiger partial charge in [-0.1, -0.05) is 12.1 Å². The Morgan fingerprint density at radius 2 is 2.13 bits per heavy atom. The maximum absolute atomic E-state index is 12.3.